The van der Waals surface area contributed by atoms with Crippen LogP contribution in [0.2, 0.25) is 0 Å². The summed E-state index contributed by atoms with van der Waals surface area (Å²) in [7, 11) is -9.93. The molecule has 612 valence electrons. The number of phosphoric ester groups is 2. The first-order chi connectivity index (χ1) is 49.7. The molecule has 0 rings (SSSR count). The van der Waals surface area contributed by atoms with Crippen molar-refractivity contribution in [3.05, 3.63) is 0 Å². The van der Waals surface area contributed by atoms with E-state index < -0.39 is 97.5 Å². The summed E-state index contributed by atoms with van der Waals surface area (Å²) < 4.78 is 68.8. The molecule has 19 heteroatoms. The standard InChI is InChI=1S/C84H164O17P2/c1-9-75(6)61-53-45-37-31-25-19-13-16-21-27-33-39-48-56-64-81(86)94-70-79(100-83(88)66-59-51-41-35-29-23-17-14-20-26-32-38-46-54-62-76(7)10-2)72-98-102(90,91)96-68-78(85)69-97-103(92,93)99-73-80(71-95-82(87)65-57-49-43-42-47-55-63-77(8)11-3)101-84(89)67-58-50-40-34-28-22-15-12-18-24-30-36-44-52-60-74(4)5/h74-80,85H,9-73H2,1-8H3,(H,90,91)(H,92,93)/t75?,76?,77?,78-,79-,80-/m1/s1. The fourth-order valence-electron chi connectivity index (χ4n) is 12.9. The van der Waals surface area contributed by atoms with Crippen LogP contribution in [0.15, 0.2) is 0 Å². The molecule has 0 saturated heterocycles. The minimum absolute atomic E-state index is 0.106. The van der Waals surface area contributed by atoms with Crippen LogP contribution in [0.1, 0.15) is 434 Å². The molecule has 0 aliphatic carbocycles. The van der Waals surface area contributed by atoms with E-state index in [0.29, 0.717) is 25.7 Å². The van der Waals surface area contributed by atoms with Crippen LogP contribution in [-0.2, 0) is 65.4 Å². The first-order valence-electron chi connectivity index (χ1n) is 43.3. The fraction of sp³-hybridized carbons (Fsp3) is 0.952. The highest BCUT2D eigenvalue weighted by Gasteiger charge is 2.30. The van der Waals surface area contributed by atoms with E-state index in [1.54, 1.807) is 0 Å². The molecule has 0 aromatic rings. The SMILES string of the molecule is CCC(C)CCCCCCCCCCCCCCCCC(=O)OC[C@H](COP(=O)(O)OC[C@@H](O)COP(=O)(O)OC[C@@H](COC(=O)CCCCCCCCC(C)CC)OC(=O)CCCCCCCCCCCCCCCCC(C)C)OC(=O)CCCCCCCCCCCCCCCCC(C)CC. The quantitative estimate of drug-likeness (QED) is 0.0222. The molecule has 0 radical (unpaired) electrons. The van der Waals surface area contributed by atoms with Gasteiger partial charge < -0.3 is 33.8 Å². The molecule has 0 heterocycles. The monoisotopic (exact) mass is 1510 g/mol. The summed E-state index contributed by atoms with van der Waals surface area (Å²) in [6.07, 6.45) is 60.9. The van der Waals surface area contributed by atoms with Crippen molar-refractivity contribution in [2.45, 2.75) is 453 Å². The predicted octanol–water partition coefficient (Wildman–Crippen LogP) is 25.2. The molecule has 0 aromatic heterocycles. The zero-order valence-electron chi connectivity index (χ0n) is 68.0. The maximum atomic E-state index is 13.1. The molecule has 5 unspecified atom stereocenters. The molecular formula is C84H164O17P2. The zero-order chi connectivity index (χ0) is 76.0. The number of aliphatic hydroxyl groups excluding tert-OH is 1. The van der Waals surface area contributed by atoms with Gasteiger partial charge in [-0.05, 0) is 49.4 Å². The molecule has 0 spiro atoms. The van der Waals surface area contributed by atoms with E-state index in [9.17, 15) is 43.2 Å². The lowest BCUT2D eigenvalue weighted by molar-refractivity contribution is -0.161. The Bertz CT molecular complexity index is 2010. The van der Waals surface area contributed by atoms with Crippen LogP contribution in [0.5, 0.6) is 0 Å². The molecule has 3 N–H and O–H groups in total. The van der Waals surface area contributed by atoms with E-state index in [4.69, 9.17) is 37.0 Å². The average Bonchev–Trinajstić information content (AvgIpc) is 0.910. The number of unbranched alkanes of at least 4 members (excludes halogenated alkanes) is 44. The Labute approximate surface area is 632 Å². The van der Waals surface area contributed by atoms with Crippen LogP contribution >= 0.6 is 15.6 Å². The van der Waals surface area contributed by atoms with Gasteiger partial charge in [0.15, 0.2) is 12.2 Å². The van der Waals surface area contributed by atoms with Crippen molar-refractivity contribution in [3.8, 4) is 0 Å². The number of aliphatic hydroxyl groups is 1. The lowest BCUT2D eigenvalue weighted by atomic mass is 9.99. The van der Waals surface area contributed by atoms with Crippen LogP contribution in [0, 0.1) is 23.7 Å². The Morgan fingerprint density at radius 1 is 0.272 bits per heavy atom. The summed E-state index contributed by atoms with van der Waals surface area (Å²) >= 11 is 0. The normalized spacial score (nSPS) is 14.8. The number of phosphoric acid groups is 2. The van der Waals surface area contributed by atoms with Gasteiger partial charge in [0.1, 0.15) is 19.3 Å². The van der Waals surface area contributed by atoms with Gasteiger partial charge in [0, 0.05) is 25.7 Å². The lowest BCUT2D eigenvalue weighted by Gasteiger charge is -2.21. The minimum Gasteiger partial charge on any atom is -0.462 e. The number of carbonyl (C=O) groups excluding carboxylic acids is 4. The predicted molar refractivity (Wildman–Crippen MR) is 423 cm³/mol. The van der Waals surface area contributed by atoms with Crippen molar-refractivity contribution < 1.29 is 80.2 Å². The molecule has 0 saturated carbocycles. The van der Waals surface area contributed by atoms with E-state index in [2.05, 4.69) is 55.4 Å². The third kappa shape index (κ3) is 74.0. The third-order valence-corrected chi connectivity index (χ3v) is 22.6. The highest BCUT2D eigenvalue weighted by Crippen LogP contribution is 2.45. The van der Waals surface area contributed by atoms with Gasteiger partial charge in [-0.15, -0.1) is 0 Å². The Kier molecular flexibility index (Phi) is 71.5. The van der Waals surface area contributed by atoms with Crippen LogP contribution < -0.4 is 0 Å². The molecule has 0 bridgehead atoms. The smallest absolute Gasteiger partial charge is 0.462 e. The molecule has 8 atom stereocenters. The van der Waals surface area contributed by atoms with Gasteiger partial charge in [0.2, 0.25) is 0 Å². The van der Waals surface area contributed by atoms with Crippen molar-refractivity contribution in [1.82, 2.24) is 0 Å². The second-order valence-corrected chi connectivity index (χ2v) is 34.3. The number of esters is 4. The number of hydrogen-bond acceptors (Lipinski definition) is 15. The van der Waals surface area contributed by atoms with Crippen LogP contribution in [0.25, 0.3) is 0 Å². The van der Waals surface area contributed by atoms with Gasteiger partial charge in [-0.3, -0.25) is 37.3 Å². The molecule has 0 aromatic carbocycles. The number of rotatable bonds is 81. The second kappa shape index (κ2) is 72.9. The van der Waals surface area contributed by atoms with Gasteiger partial charge in [0.25, 0.3) is 0 Å². The van der Waals surface area contributed by atoms with Crippen LogP contribution in [-0.4, -0.2) is 96.7 Å². The molecule has 17 nitrogen and oxygen atoms in total. The summed E-state index contributed by atoms with van der Waals surface area (Å²) in [5, 5.41) is 10.7. The first-order valence-corrected chi connectivity index (χ1v) is 46.3. The average molecular weight is 1510 g/mol. The molecule has 0 aliphatic rings. The van der Waals surface area contributed by atoms with Gasteiger partial charge in [-0.2, -0.15) is 0 Å². The lowest BCUT2D eigenvalue weighted by Crippen LogP contribution is -2.30. The minimum atomic E-state index is -4.97. The summed E-state index contributed by atoms with van der Waals surface area (Å²) in [6.45, 7) is 14.4. The Morgan fingerprint density at radius 2 is 0.466 bits per heavy atom. The number of ether oxygens (including phenoxy) is 4. The maximum absolute atomic E-state index is 13.1. The summed E-state index contributed by atoms with van der Waals surface area (Å²) in [5.41, 5.74) is 0. The van der Waals surface area contributed by atoms with E-state index in [0.717, 1.165) is 120 Å². The van der Waals surface area contributed by atoms with Gasteiger partial charge in [-0.1, -0.05) is 383 Å². The number of hydrogen-bond donors (Lipinski definition) is 3. The maximum Gasteiger partial charge on any atom is 0.472 e. The topological polar surface area (TPSA) is 237 Å². The Balaban J connectivity index is 5.25. The summed E-state index contributed by atoms with van der Waals surface area (Å²) in [5.74, 6) is 1.11. The van der Waals surface area contributed by atoms with Crippen LogP contribution in [0.4, 0.5) is 0 Å². The summed E-state index contributed by atoms with van der Waals surface area (Å²) in [4.78, 5) is 73.2. The highest BCUT2D eigenvalue weighted by atomic mass is 31.2. The van der Waals surface area contributed by atoms with Crippen molar-refractivity contribution in [1.29, 1.82) is 0 Å². The van der Waals surface area contributed by atoms with Crippen molar-refractivity contribution in [2.75, 3.05) is 39.6 Å². The largest absolute Gasteiger partial charge is 0.472 e. The van der Waals surface area contributed by atoms with E-state index >= 15 is 0 Å². The highest BCUT2D eigenvalue weighted by molar-refractivity contribution is 7.47. The Hall–Kier alpha value is -1.94. The molecule has 0 fully saturated rings. The second-order valence-electron chi connectivity index (χ2n) is 31.4. The van der Waals surface area contributed by atoms with E-state index in [1.165, 1.54) is 231 Å². The third-order valence-electron chi connectivity index (χ3n) is 20.7. The van der Waals surface area contributed by atoms with E-state index in [1.807, 2.05) is 0 Å². The van der Waals surface area contributed by atoms with Gasteiger partial charge >= 0.3 is 39.5 Å². The van der Waals surface area contributed by atoms with Crippen molar-refractivity contribution >= 4 is 39.5 Å². The first kappa shape index (κ1) is 101. The van der Waals surface area contributed by atoms with Gasteiger partial charge in [0.05, 0.1) is 26.4 Å². The van der Waals surface area contributed by atoms with Gasteiger partial charge in [-0.25, -0.2) is 9.13 Å². The van der Waals surface area contributed by atoms with Crippen molar-refractivity contribution in [3.63, 3.8) is 0 Å². The summed E-state index contributed by atoms with van der Waals surface area (Å²) in [6, 6.07) is 0. The molecule has 0 amide bonds. The molecule has 0 aliphatic heterocycles. The van der Waals surface area contributed by atoms with Crippen LogP contribution in [0.3, 0.4) is 0 Å². The van der Waals surface area contributed by atoms with Crippen molar-refractivity contribution in [2.24, 2.45) is 23.7 Å². The molecular weight excluding hydrogens is 1340 g/mol. The zero-order valence-corrected chi connectivity index (χ0v) is 69.7. The van der Waals surface area contributed by atoms with E-state index in [-0.39, 0.29) is 25.7 Å². The number of carbonyl (C=O) groups is 4. The molecule has 103 heavy (non-hydrogen) atoms. The Morgan fingerprint density at radius 3 is 0.689 bits per heavy atom. The fourth-order valence-corrected chi connectivity index (χ4v) is 14.4.